The first kappa shape index (κ1) is 27.6. The van der Waals surface area contributed by atoms with Gasteiger partial charge < -0.3 is 5.32 Å². The van der Waals surface area contributed by atoms with Crippen LogP contribution in [-0.4, -0.2) is 38.9 Å². The molecular weight excluding hydrogens is 525 g/mol. The van der Waals surface area contributed by atoms with Crippen molar-refractivity contribution < 1.29 is 14.0 Å². The fraction of sp³-hybridized carbons (Fsp3) is 0.290. The number of hydrogen-bond acceptors (Lipinski definition) is 5. The highest BCUT2D eigenvalue weighted by Crippen LogP contribution is 2.48. The van der Waals surface area contributed by atoms with Gasteiger partial charge in [0.25, 0.3) is 0 Å². The molecule has 1 atom stereocenters. The Morgan fingerprint density at radius 2 is 1.85 bits per heavy atom. The molecule has 0 aliphatic carbocycles. The number of hydrogen-bond donors (Lipinski definition) is 1. The molecule has 0 radical (unpaired) electrons. The van der Waals surface area contributed by atoms with Crippen LogP contribution in [0.1, 0.15) is 54.0 Å². The maximum Gasteiger partial charge on any atom is 0.240 e. The van der Waals surface area contributed by atoms with E-state index in [9.17, 15) is 14.0 Å². The Morgan fingerprint density at radius 1 is 1.10 bits per heavy atom. The normalized spacial score (nSPS) is 15.5. The summed E-state index contributed by atoms with van der Waals surface area (Å²) in [6, 6.07) is 18.0. The lowest BCUT2D eigenvalue weighted by Gasteiger charge is -2.24. The minimum Gasteiger partial charge on any atom is -0.350 e. The number of halogens is 1. The molecule has 1 aliphatic heterocycles. The first-order valence-corrected chi connectivity index (χ1v) is 14.2. The van der Waals surface area contributed by atoms with Crippen molar-refractivity contribution in [2.45, 2.75) is 44.9 Å². The van der Waals surface area contributed by atoms with Crippen LogP contribution in [0.4, 0.5) is 10.2 Å². The van der Waals surface area contributed by atoms with Crippen LogP contribution in [-0.2, 0) is 21.5 Å². The number of rotatable bonds is 6. The smallest absolute Gasteiger partial charge is 0.240 e. The quantitative estimate of drug-likeness (QED) is 0.339. The second kappa shape index (κ2) is 11.3. The Balaban J connectivity index is 1.66. The predicted molar refractivity (Wildman–Crippen MR) is 156 cm³/mol. The van der Waals surface area contributed by atoms with Crippen molar-refractivity contribution in [3.63, 3.8) is 0 Å². The summed E-state index contributed by atoms with van der Waals surface area (Å²) in [6.07, 6.45) is 3.33. The second-order valence-electron chi connectivity index (χ2n) is 10.9. The lowest BCUT2D eigenvalue weighted by Crippen LogP contribution is -2.42. The third kappa shape index (κ3) is 5.79. The monoisotopic (exact) mass is 557 g/mol. The number of thioether (sulfide) groups is 1. The van der Waals surface area contributed by atoms with Gasteiger partial charge in [0.15, 0.2) is 0 Å². The summed E-state index contributed by atoms with van der Waals surface area (Å²) in [4.78, 5) is 32.5. The van der Waals surface area contributed by atoms with Crippen LogP contribution in [0.2, 0.25) is 0 Å². The maximum atomic E-state index is 14.4. The van der Waals surface area contributed by atoms with E-state index in [2.05, 4.69) is 43.2 Å². The zero-order chi connectivity index (χ0) is 28.4. The van der Waals surface area contributed by atoms with E-state index >= 15 is 0 Å². The molecule has 0 bridgehead atoms. The van der Waals surface area contributed by atoms with Crippen molar-refractivity contribution in [1.82, 2.24) is 20.1 Å². The molecule has 206 valence electrons. The first-order chi connectivity index (χ1) is 19.1. The molecule has 40 heavy (non-hydrogen) atoms. The Labute approximate surface area is 237 Å². The van der Waals surface area contributed by atoms with Gasteiger partial charge in [0, 0.05) is 29.9 Å². The Morgan fingerprint density at radius 3 is 2.55 bits per heavy atom. The number of pyridine rings is 1. The van der Waals surface area contributed by atoms with Gasteiger partial charge in [-0.25, -0.2) is 9.07 Å². The summed E-state index contributed by atoms with van der Waals surface area (Å²) < 4.78 is 16.1. The highest BCUT2D eigenvalue weighted by Gasteiger charge is 2.40. The molecule has 0 saturated heterocycles. The topological polar surface area (TPSA) is 80.1 Å². The molecule has 1 aliphatic rings. The van der Waals surface area contributed by atoms with Gasteiger partial charge in [0.05, 0.1) is 22.4 Å². The number of nitrogens with one attached hydrogen (secondary N) is 1. The number of aryl methyl sites for hydroxylation is 1. The summed E-state index contributed by atoms with van der Waals surface area (Å²) in [6.45, 7) is 8.37. The van der Waals surface area contributed by atoms with Gasteiger partial charge in [-0.2, -0.15) is 5.10 Å². The molecular formula is C31H32FN5O2S. The van der Waals surface area contributed by atoms with E-state index in [1.54, 1.807) is 29.2 Å². The van der Waals surface area contributed by atoms with Gasteiger partial charge in [0.2, 0.25) is 11.8 Å². The molecule has 9 heteroatoms. The molecule has 0 spiro atoms. The minimum atomic E-state index is -0.412. The van der Waals surface area contributed by atoms with Crippen molar-refractivity contribution in [3.8, 4) is 5.69 Å². The van der Waals surface area contributed by atoms with Crippen LogP contribution < -0.4 is 10.2 Å². The van der Waals surface area contributed by atoms with Crippen LogP contribution in [0.5, 0.6) is 0 Å². The third-order valence-electron chi connectivity index (χ3n) is 6.74. The molecule has 0 unspecified atom stereocenters. The van der Waals surface area contributed by atoms with Crippen LogP contribution in [0.3, 0.4) is 0 Å². The van der Waals surface area contributed by atoms with Crippen molar-refractivity contribution in [2.75, 3.05) is 17.2 Å². The van der Waals surface area contributed by atoms with Crippen molar-refractivity contribution in [2.24, 2.45) is 0 Å². The lowest BCUT2D eigenvalue weighted by atomic mass is 9.87. The van der Waals surface area contributed by atoms with E-state index in [1.165, 1.54) is 28.8 Å². The van der Waals surface area contributed by atoms with Crippen LogP contribution in [0, 0.1) is 12.7 Å². The highest BCUT2D eigenvalue weighted by atomic mass is 32.2. The van der Waals surface area contributed by atoms with Gasteiger partial charge >= 0.3 is 0 Å². The SMILES string of the molecule is Cc1cccc([C@H]2SCC(=O)N(CC(=O)NCc3ccncc3)c3c2c(C(C)(C)C)nn3-c2cccc(F)c2)c1. The van der Waals surface area contributed by atoms with Crippen LogP contribution >= 0.6 is 11.8 Å². The number of carbonyl (C=O) groups is 2. The molecule has 3 heterocycles. The molecule has 2 aromatic carbocycles. The standard InChI is InChI=1S/C31H32FN5O2S/c1-20-7-5-8-22(15-20)28-27-29(31(2,3)4)35-37(24-10-6-9-23(32)16-24)30(27)36(26(39)19-40-28)18-25(38)34-17-21-11-13-33-14-12-21/h5-16,28H,17-19H2,1-4H3,(H,34,38)/t28-/m1/s1. The zero-order valence-corrected chi connectivity index (χ0v) is 23.8. The summed E-state index contributed by atoms with van der Waals surface area (Å²) in [7, 11) is 0. The van der Waals surface area contributed by atoms with E-state index in [0.29, 0.717) is 18.1 Å². The molecule has 0 saturated carbocycles. The van der Waals surface area contributed by atoms with E-state index in [-0.39, 0.29) is 29.4 Å². The number of amides is 2. The van der Waals surface area contributed by atoms with E-state index < -0.39 is 11.2 Å². The van der Waals surface area contributed by atoms with Crippen molar-refractivity contribution in [1.29, 1.82) is 0 Å². The molecule has 0 fully saturated rings. The number of aromatic nitrogens is 3. The van der Waals surface area contributed by atoms with E-state index in [0.717, 1.165) is 27.9 Å². The van der Waals surface area contributed by atoms with Gasteiger partial charge in [0.1, 0.15) is 18.2 Å². The molecule has 2 aromatic heterocycles. The minimum absolute atomic E-state index is 0.178. The summed E-state index contributed by atoms with van der Waals surface area (Å²) in [5.74, 6) is -0.253. The Hall–Kier alpha value is -3.98. The summed E-state index contributed by atoms with van der Waals surface area (Å²) >= 11 is 1.52. The lowest BCUT2D eigenvalue weighted by molar-refractivity contribution is -0.123. The van der Waals surface area contributed by atoms with Gasteiger partial charge in [-0.1, -0.05) is 56.7 Å². The molecule has 5 rings (SSSR count). The number of benzene rings is 2. The number of carbonyl (C=O) groups excluding carboxylic acids is 2. The third-order valence-corrected chi connectivity index (χ3v) is 7.99. The Kier molecular flexibility index (Phi) is 7.76. The molecule has 2 amide bonds. The van der Waals surface area contributed by atoms with Crippen molar-refractivity contribution in [3.05, 3.63) is 107 Å². The molecule has 7 nitrogen and oxygen atoms in total. The number of anilines is 1. The largest absolute Gasteiger partial charge is 0.350 e. The number of fused-ring (bicyclic) bond motifs is 1. The average Bonchev–Trinajstić information content (AvgIpc) is 3.26. The average molecular weight is 558 g/mol. The van der Waals surface area contributed by atoms with E-state index in [1.807, 2.05) is 31.2 Å². The second-order valence-corrected chi connectivity index (χ2v) is 12.0. The van der Waals surface area contributed by atoms with Crippen LogP contribution in [0.15, 0.2) is 73.1 Å². The predicted octanol–water partition coefficient (Wildman–Crippen LogP) is 5.50. The van der Waals surface area contributed by atoms with E-state index in [4.69, 9.17) is 5.10 Å². The zero-order valence-electron chi connectivity index (χ0n) is 23.0. The summed E-state index contributed by atoms with van der Waals surface area (Å²) in [5.41, 5.74) is 4.80. The van der Waals surface area contributed by atoms with Gasteiger partial charge in [-0.3, -0.25) is 19.5 Å². The Bertz CT molecular complexity index is 1550. The maximum absolute atomic E-state index is 14.4. The first-order valence-electron chi connectivity index (χ1n) is 13.2. The van der Waals surface area contributed by atoms with Crippen LogP contribution in [0.25, 0.3) is 5.69 Å². The van der Waals surface area contributed by atoms with Gasteiger partial charge in [-0.05, 0) is 48.4 Å². The fourth-order valence-corrected chi connectivity index (χ4v) is 6.05. The summed E-state index contributed by atoms with van der Waals surface area (Å²) in [5, 5.41) is 7.71. The van der Waals surface area contributed by atoms with Gasteiger partial charge in [-0.15, -0.1) is 11.8 Å². The van der Waals surface area contributed by atoms with Crippen molar-refractivity contribution >= 4 is 29.4 Å². The number of nitrogens with zero attached hydrogens (tertiary/aromatic N) is 4. The molecule has 1 N–H and O–H groups in total. The fourth-order valence-electron chi connectivity index (χ4n) is 4.86. The highest BCUT2D eigenvalue weighted by molar-refractivity contribution is 8.00. The molecule has 4 aromatic rings.